The summed E-state index contributed by atoms with van der Waals surface area (Å²) in [5.41, 5.74) is 8.85. The molecule has 19 heavy (non-hydrogen) atoms. The third-order valence-electron chi connectivity index (χ3n) is 2.98. The number of carbonyl (C=O) groups is 1. The molecule has 0 heterocycles. The fraction of sp³-hybridized carbons (Fsp3) is 0.188. The van der Waals surface area contributed by atoms with Crippen LogP contribution in [0.15, 0.2) is 48.5 Å². The number of anilines is 2. The van der Waals surface area contributed by atoms with E-state index in [9.17, 15) is 4.79 Å². The summed E-state index contributed by atoms with van der Waals surface area (Å²) in [6.45, 7) is 4.28. The first-order chi connectivity index (χ1) is 9.06. The normalized spacial score (nSPS) is 10.5. The van der Waals surface area contributed by atoms with Gasteiger partial charge in [-0.05, 0) is 41.8 Å². The highest BCUT2D eigenvalue weighted by atomic mass is 16.1. The molecule has 0 bridgehead atoms. The molecule has 3 nitrogen and oxygen atoms in total. The van der Waals surface area contributed by atoms with Crippen LogP contribution in [0.5, 0.6) is 0 Å². The topological polar surface area (TPSA) is 55.1 Å². The molecule has 0 atom stereocenters. The fourth-order valence-electron chi connectivity index (χ4n) is 1.83. The summed E-state index contributed by atoms with van der Waals surface area (Å²) in [5, 5.41) is 2.86. The number of hydrogen-bond acceptors (Lipinski definition) is 2. The monoisotopic (exact) mass is 254 g/mol. The lowest BCUT2D eigenvalue weighted by Crippen LogP contribution is -2.12. The molecule has 0 fully saturated rings. The van der Waals surface area contributed by atoms with Gasteiger partial charge in [0.05, 0.1) is 0 Å². The van der Waals surface area contributed by atoms with Gasteiger partial charge in [0.1, 0.15) is 0 Å². The van der Waals surface area contributed by atoms with Crippen LogP contribution in [0.1, 0.15) is 35.7 Å². The Morgan fingerprint density at radius 3 is 2.37 bits per heavy atom. The minimum atomic E-state index is -0.149. The Balaban J connectivity index is 2.10. The maximum Gasteiger partial charge on any atom is 0.255 e. The highest BCUT2D eigenvalue weighted by Crippen LogP contribution is 2.18. The molecule has 0 saturated heterocycles. The van der Waals surface area contributed by atoms with Crippen LogP contribution in [-0.2, 0) is 0 Å². The van der Waals surface area contributed by atoms with Crippen molar-refractivity contribution in [1.29, 1.82) is 0 Å². The molecule has 0 radical (unpaired) electrons. The second-order valence-electron chi connectivity index (χ2n) is 4.86. The van der Waals surface area contributed by atoms with Gasteiger partial charge in [0.15, 0.2) is 0 Å². The van der Waals surface area contributed by atoms with Crippen LogP contribution in [-0.4, -0.2) is 5.91 Å². The van der Waals surface area contributed by atoms with E-state index in [-0.39, 0.29) is 5.91 Å². The predicted octanol–water partition coefficient (Wildman–Crippen LogP) is 3.64. The zero-order chi connectivity index (χ0) is 13.8. The van der Waals surface area contributed by atoms with Gasteiger partial charge in [-0.2, -0.15) is 0 Å². The van der Waals surface area contributed by atoms with Crippen LogP contribution in [0.4, 0.5) is 11.4 Å². The summed E-state index contributed by atoms with van der Waals surface area (Å²) in [6, 6.07) is 14.8. The molecule has 0 spiro atoms. The zero-order valence-corrected chi connectivity index (χ0v) is 11.2. The van der Waals surface area contributed by atoms with Gasteiger partial charge in [0, 0.05) is 16.9 Å². The van der Waals surface area contributed by atoms with Crippen molar-refractivity contribution >= 4 is 17.3 Å². The Hall–Kier alpha value is -2.29. The van der Waals surface area contributed by atoms with Crippen LogP contribution in [0.3, 0.4) is 0 Å². The van der Waals surface area contributed by atoms with E-state index in [4.69, 9.17) is 5.73 Å². The smallest absolute Gasteiger partial charge is 0.255 e. The summed E-state index contributed by atoms with van der Waals surface area (Å²) in [5.74, 6) is 0.336. The second kappa shape index (κ2) is 5.57. The van der Waals surface area contributed by atoms with Crippen LogP contribution < -0.4 is 11.1 Å². The third-order valence-corrected chi connectivity index (χ3v) is 2.98. The lowest BCUT2D eigenvalue weighted by Gasteiger charge is -2.08. The van der Waals surface area contributed by atoms with Crippen molar-refractivity contribution in [3.05, 3.63) is 59.7 Å². The van der Waals surface area contributed by atoms with Gasteiger partial charge in [-0.1, -0.05) is 32.0 Å². The number of nitrogens with one attached hydrogen (secondary N) is 1. The van der Waals surface area contributed by atoms with Crippen molar-refractivity contribution in [2.45, 2.75) is 19.8 Å². The van der Waals surface area contributed by atoms with E-state index >= 15 is 0 Å². The molecule has 0 aliphatic carbocycles. The fourth-order valence-corrected chi connectivity index (χ4v) is 1.83. The summed E-state index contributed by atoms with van der Waals surface area (Å²) in [4.78, 5) is 12.0. The van der Waals surface area contributed by atoms with Crippen LogP contribution in [0.25, 0.3) is 0 Å². The van der Waals surface area contributed by atoms with Crippen LogP contribution in [0, 0.1) is 0 Å². The molecule has 1 amide bonds. The average molecular weight is 254 g/mol. The van der Waals surface area contributed by atoms with Crippen molar-refractivity contribution in [3.8, 4) is 0 Å². The standard InChI is InChI=1S/C16H18N2O/c1-11(2)12-6-8-15(9-7-12)18-16(19)13-4-3-5-14(17)10-13/h3-11H,17H2,1-2H3,(H,18,19). The van der Waals surface area contributed by atoms with Gasteiger partial charge in [-0.25, -0.2) is 0 Å². The molecule has 0 aromatic heterocycles. The first-order valence-electron chi connectivity index (χ1n) is 6.33. The van der Waals surface area contributed by atoms with Crippen LogP contribution in [0.2, 0.25) is 0 Å². The minimum absolute atomic E-state index is 0.149. The quantitative estimate of drug-likeness (QED) is 0.821. The molecule has 0 saturated carbocycles. The summed E-state index contributed by atoms with van der Waals surface area (Å²) >= 11 is 0. The molecular formula is C16H18N2O. The maximum atomic E-state index is 12.0. The average Bonchev–Trinajstić information content (AvgIpc) is 2.39. The Labute approximate surface area is 113 Å². The number of hydrogen-bond donors (Lipinski definition) is 2. The van der Waals surface area contributed by atoms with Crippen molar-refractivity contribution < 1.29 is 4.79 Å². The van der Waals surface area contributed by atoms with E-state index < -0.39 is 0 Å². The third kappa shape index (κ3) is 3.35. The van der Waals surface area contributed by atoms with Crippen molar-refractivity contribution in [3.63, 3.8) is 0 Å². The molecule has 2 aromatic rings. The molecule has 3 N–H and O–H groups in total. The maximum absolute atomic E-state index is 12.0. The van der Waals surface area contributed by atoms with E-state index in [0.717, 1.165) is 5.69 Å². The van der Waals surface area contributed by atoms with Gasteiger partial charge in [0.2, 0.25) is 0 Å². The van der Waals surface area contributed by atoms with Gasteiger partial charge in [-0.3, -0.25) is 4.79 Å². The lowest BCUT2D eigenvalue weighted by molar-refractivity contribution is 0.102. The summed E-state index contributed by atoms with van der Waals surface area (Å²) < 4.78 is 0. The van der Waals surface area contributed by atoms with Gasteiger partial charge < -0.3 is 11.1 Å². The number of benzene rings is 2. The van der Waals surface area contributed by atoms with Gasteiger partial charge in [-0.15, -0.1) is 0 Å². The lowest BCUT2D eigenvalue weighted by atomic mass is 10.0. The van der Waals surface area contributed by atoms with Gasteiger partial charge in [0.25, 0.3) is 5.91 Å². The number of nitrogens with two attached hydrogens (primary N) is 1. The molecule has 2 rings (SSSR count). The van der Waals surface area contributed by atoms with E-state index in [0.29, 0.717) is 17.2 Å². The van der Waals surface area contributed by atoms with Crippen molar-refractivity contribution in [2.24, 2.45) is 0 Å². The number of carbonyl (C=O) groups excluding carboxylic acids is 1. The molecule has 0 unspecified atom stereocenters. The second-order valence-corrected chi connectivity index (χ2v) is 4.86. The number of amides is 1. The highest BCUT2D eigenvalue weighted by Gasteiger charge is 2.06. The predicted molar refractivity (Wildman–Crippen MR) is 79.3 cm³/mol. The molecule has 0 aliphatic heterocycles. The van der Waals surface area contributed by atoms with Crippen molar-refractivity contribution in [2.75, 3.05) is 11.1 Å². The first-order valence-corrected chi connectivity index (χ1v) is 6.33. The van der Waals surface area contributed by atoms with E-state index in [1.54, 1.807) is 24.3 Å². The first kappa shape index (κ1) is 13.1. The SMILES string of the molecule is CC(C)c1ccc(NC(=O)c2cccc(N)c2)cc1. The van der Waals surface area contributed by atoms with Crippen molar-refractivity contribution in [1.82, 2.24) is 0 Å². The molecule has 3 heteroatoms. The van der Waals surface area contributed by atoms with E-state index in [1.807, 2.05) is 24.3 Å². The largest absolute Gasteiger partial charge is 0.399 e. The van der Waals surface area contributed by atoms with E-state index in [1.165, 1.54) is 5.56 Å². The Bertz CT molecular complexity index is 574. The van der Waals surface area contributed by atoms with E-state index in [2.05, 4.69) is 19.2 Å². The Morgan fingerprint density at radius 2 is 1.79 bits per heavy atom. The molecule has 98 valence electrons. The zero-order valence-electron chi connectivity index (χ0n) is 11.2. The molecular weight excluding hydrogens is 236 g/mol. The highest BCUT2D eigenvalue weighted by molar-refractivity contribution is 6.04. The summed E-state index contributed by atoms with van der Waals surface area (Å²) in [7, 11) is 0. The number of nitrogen functional groups attached to an aromatic ring is 1. The number of rotatable bonds is 3. The Morgan fingerprint density at radius 1 is 1.11 bits per heavy atom. The van der Waals surface area contributed by atoms with Gasteiger partial charge >= 0.3 is 0 Å². The summed E-state index contributed by atoms with van der Waals surface area (Å²) in [6.07, 6.45) is 0. The Kier molecular flexibility index (Phi) is 3.85. The minimum Gasteiger partial charge on any atom is -0.399 e. The molecule has 2 aromatic carbocycles. The molecule has 0 aliphatic rings. The van der Waals surface area contributed by atoms with Crippen LogP contribution >= 0.6 is 0 Å².